The van der Waals surface area contributed by atoms with Crippen molar-refractivity contribution in [1.29, 1.82) is 0 Å². The van der Waals surface area contributed by atoms with Crippen molar-refractivity contribution in [1.82, 2.24) is 15.3 Å². The van der Waals surface area contributed by atoms with E-state index in [1.165, 1.54) is 12.1 Å². The van der Waals surface area contributed by atoms with E-state index in [1.54, 1.807) is 6.07 Å². The Morgan fingerprint density at radius 2 is 2.14 bits per heavy atom. The van der Waals surface area contributed by atoms with Crippen LogP contribution in [0.5, 0.6) is 0 Å². The van der Waals surface area contributed by atoms with E-state index < -0.39 is 4.92 Å². The van der Waals surface area contributed by atoms with Crippen molar-refractivity contribution in [2.24, 2.45) is 0 Å². The molecule has 1 unspecified atom stereocenters. The Labute approximate surface area is 170 Å². The summed E-state index contributed by atoms with van der Waals surface area (Å²) in [5, 5.41) is 17.8. The molecule has 2 aromatic rings. The molecule has 1 fully saturated rings. The minimum absolute atomic E-state index is 0.129. The number of nitrogen functional groups attached to an aromatic ring is 1. The van der Waals surface area contributed by atoms with E-state index in [0.29, 0.717) is 17.7 Å². The molecule has 1 saturated heterocycles. The Hall–Kier alpha value is -2.94. The lowest BCUT2D eigenvalue weighted by Crippen LogP contribution is -2.46. The standard InChI is InChI=1S/C20H29N7O2/c1-3-6-14-12-19(26-10-5-7-16(13-26)22-4-2)25-20(23-14)24-15-8-9-17(21)18(11-15)27(28)29/h8-9,11-12,16,22H,3-7,10,13,21H2,1-2H3,(H,23,24,25). The van der Waals surface area contributed by atoms with Crippen molar-refractivity contribution in [2.45, 2.75) is 45.6 Å². The van der Waals surface area contributed by atoms with E-state index in [4.69, 9.17) is 10.7 Å². The Morgan fingerprint density at radius 1 is 1.31 bits per heavy atom. The second-order valence-corrected chi connectivity index (χ2v) is 7.29. The van der Waals surface area contributed by atoms with E-state index in [1.807, 2.05) is 0 Å². The van der Waals surface area contributed by atoms with Gasteiger partial charge in [-0.25, -0.2) is 4.98 Å². The average molecular weight is 399 g/mol. The molecule has 9 nitrogen and oxygen atoms in total. The van der Waals surface area contributed by atoms with Gasteiger partial charge in [-0.3, -0.25) is 10.1 Å². The Bertz CT molecular complexity index is 857. The van der Waals surface area contributed by atoms with E-state index in [9.17, 15) is 10.1 Å². The molecule has 2 heterocycles. The van der Waals surface area contributed by atoms with Crippen LogP contribution in [0.3, 0.4) is 0 Å². The summed E-state index contributed by atoms with van der Waals surface area (Å²) in [6, 6.07) is 7.12. The maximum absolute atomic E-state index is 11.2. The number of hydrogen-bond donors (Lipinski definition) is 3. The van der Waals surface area contributed by atoms with Crippen molar-refractivity contribution in [3.05, 3.63) is 40.1 Å². The lowest BCUT2D eigenvalue weighted by atomic mass is 10.1. The molecule has 4 N–H and O–H groups in total. The van der Waals surface area contributed by atoms with Crippen molar-refractivity contribution in [2.75, 3.05) is 35.6 Å². The van der Waals surface area contributed by atoms with Crippen LogP contribution in [0.15, 0.2) is 24.3 Å². The van der Waals surface area contributed by atoms with Gasteiger partial charge >= 0.3 is 0 Å². The quantitative estimate of drug-likeness (QED) is 0.351. The summed E-state index contributed by atoms with van der Waals surface area (Å²) in [5.74, 6) is 1.33. The largest absolute Gasteiger partial charge is 0.393 e. The number of nitrogens with one attached hydrogen (secondary N) is 2. The number of piperidine rings is 1. The fourth-order valence-corrected chi connectivity index (χ4v) is 3.63. The average Bonchev–Trinajstić information content (AvgIpc) is 2.70. The van der Waals surface area contributed by atoms with Gasteiger partial charge in [0.2, 0.25) is 5.95 Å². The summed E-state index contributed by atoms with van der Waals surface area (Å²) in [5.41, 5.74) is 7.18. The third-order valence-corrected chi connectivity index (χ3v) is 4.99. The maximum Gasteiger partial charge on any atom is 0.294 e. The molecule has 1 aliphatic rings. The molecule has 1 aromatic heterocycles. The predicted molar refractivity (Wildman–Crippen MR) is 116 cm³/mol. The number of hydrogen-bond acceptors (Lipinski definition) is 8. The molecule has 0 radical (unpaired) electrons. The van der Waals surface area contributed by atoms with Gasteiger partial charge in [-0.2, -0.15) is 4.98 Å². The minimum atomic E-state index is -0.491. The lowest BCUT2D eigenvalue weighted by molar-refractivity contribution is -0.383. The number of aromatic nitrogens is 2. The van der Waals surface area contributed by atoms with Crippen LogP contribution in [-0.2, 0) is 6.42 Å². The second kappa shape index (κ2) is 9.51. The summed E-state index contributed by atoms with van der Waals surface area (Å²) in [4.78, 5) is 22.3. The molecule has 9 heteroatoms. The van der Waals surface area contributed by atoms with Gasteiger partial charge < -0.3 is 21.3 Å². The highest BCUT2D eigenvalue weighted by atomic mass is 16.6. The van der Waals surface area contributed by atoms with Gasteiger partial charge in [0.05, 0.1) is 4.92 Å². The molecule has 1 aliphatic heterocycles. The molecule has 1 atom stereocenters. The van der Waals surface area contributed by atoms with Gasteiger partial charge in [0.1, 0.15) is 11.5 Å². The van der Waals surface area contributed by atoms with Crippen molar-refractivity contribution in [3.63, 3.8) is 0 Å². The first-order valence-electron chi connectivity index (χ1n) is 10.2. The summed E-state index contributed by atoms with van der Waals surface area (Å²) in [6.45, 7) is 7.05. The zero-order chi connectivity index (χ0) is 20.8. The van der Waals surface area contributed by atoms with Crippen LogP contribution in [0.4, 0.5) is 28.8 Å². The topological polar surface area (TPSA) is 122 Å². The van der Waals surface area contributed by atoms with Gasteiger partial charge in [-0.05, 0) is 37.9 Å². The SMILES string of the molecule is CCCc1cc(N2CCCC(NCC)C2)nc(Nc2ccc(N)c([N+](=O)[O-])c2)n1. The summed E-state index contributed by atoms with van der Waals surface area (Å²) in [7, 11) is 0. The minimum Gasteiger partial charge on any atom is -0.393 e. The fourth-order valence-electron chi connectivity index (χ4n) is 3.63. The maximum atomic E-state index is 11.2. The number of nitro groups is 1. The number of nitrogens with two attached hydrogens (primary N) is 1. The van der Waals surface area contributed by atoms with Gasteiger partial charge in [-0.1, -0.05) is 20.3 Å². The summed E-state index contributed by atoms with van der Waals surface area (Å²) >= 11 is 0. The Balaban J connectivity index is 1.87. The van der Waals surface area contributed by atoms with Crippen LogP contribution in [0.1, 0.15) is 38.8 Å². The highest BCUT2D eigenvalue weighted by molar-refractivity contribution is 5.68. The van der Waals surface area contributed by atoms with E-state index in [-0.39, 0.29) is 11.4 Å². The van der Waals surface area contributed by atoms with Gasteiger partial charge in [0.15, 0.2) is 0 Å². The first kappa shape index (κ1) is 20.8. The normalized spacial score (nSPS) is 16.6. The van der Waals surface area contributed by atoms with Gasteiger partial charge in [0, 0.05) is 42.6 Å². The first-order chi connectivity index (χ1) is 14.0. The van der Waals surface area contributed by atoms with E-state index in [2.05, 4.69) is 40.4 Å². The number of anilines is 4. The Morgan fingerprint density at radius 3 is 2.86 bits per heavy atom. The van der Waals surface area contributed by atoms with Crippen molar-refractivity contribution >= 4 is 28.8 Å². The summed E-state index contributed by atoms with van der Waals surface area (Å²) in [6.07, 6.45) is 4.09. The number of likely N-dealkylation sites (N-methyl/N-ethyl adjacent to an activating group) is 1. The number of aryl methyl sites for hydroxylation is 1. The molecule has 0 aliphatic carbocycles. The molecule has 0 saturated carbocycles. The molecule has 29 heavy (non-hydrogen) atoms. The number of rotatable bonds is 8. The van der Waals surface area contributed by atoms with Crippen LogP contribution in [0.2, 0.25) is 0 Å². The smallest absolute Gasteiger partial charge is 0.294 e. The molecular weight excluding hydrogens is 370 g/mol. The van der Waals surface area contributed by atoms with E-state index in [0.717, 1.165) is 56.8 Å². The first-order valence-corrected chi connectivity index (χ1v) is 10.2. The van der Waals surface area contributed by atoms with Gasteiger partial charge in [0.25, 0.3) is 5.69 Å². The predicted octanol–water partition coefficient (Wildman–Crippen LogP) is 3.24. The summed E-state index contributed by atoms with van der Waals surface area (Å²) < 4.78 is 0. The zero-order valence-electron chi connectivity index (χ0n) is 17.0. The van der Waals surface area contributed by atoms with Crippen molar-refractivity contribution in [3.8, 4) is 0 Å². The van der Waals surface area contributed by atoms with Crippen LogP contribution >= 0.6 is 0 Å². The van der Waals surface area contributed by atoms with Crippen LogP contribution in [0.25, 0.3) is 0 Å². The monoisotopic (exact) mass is 399 g/mol. The lowest BCUT2D eigenvalue weighted by Gasteiger charge is -2.34. The highest BCUT2D eigenvalue weighted by Crippen LogP contribution is 2.27. The molecule has 0 spiro atoms. The third-order valence-electron chi connectivity index (χ3n) is 4.99. The van der Waals surface area contributed by atoms with Crippen molar-refractivity contribution < 1.29 is 4.92 Å². The Kier molecular flexibility index (Phi) is 6.82. The van der Waals surface area contributed by atoms with Crippen LogP contribution in [0, 0.1) is 10.1 Å². The molecule has 0 amide bonds. The third kappa shape index (κ3) is 5.32. The number of benzene rings is 1. The molecule has 0 bridgehead atoms. The highest BCUT2D eigenvalue weighted by Gasteiger charge is 2.21. The van der Waals surface area contributed by atoms with Crippen LogP contribution in [-0.4, -0.2) is 40.6 Å². The number of nitrogens with zero attached hydrogens (tertiary/aromatic N) is 4. The molecule has 3 rings (SSSR count). The van der Waals surface area contributed by atoms with Gasteiger partial charge in [-0.15, -0.1) is 0 Å². The van der Waals surface area contributed by atoms with Crippen LogP contribution < -0.4 is 21.3 Å². The fraction of sp³-hybridized carbons (Fsp3) is 0.500. The number of nitro benzene ring substituents is 1. The second-order valence-electron chi connectivity index (χ2n) is 7.29. The molecular formula is C20H29N7O2. The van der Waals surface area contributed by atoms with E-state index >= 15 is 0 Å². The zero-order valence-corrected chi connectivity index (χ0v) is 17.0. The molecule has 1 aromatic carbocycles. The molecule has 156 valence electrons.